The number of anilines is 1. The zero-order valence-corrected chi connectivity index (χ0v) is 15.7. The Hall–Kier alpha value is -3.67. The molecule has 0 aromatic heterocycles. The fourth-order valence-electron chi connectivity index (χ4n) is 3.04. The Labute approximate surface area is 167 Å². The molecule has 0 spiro atoms. The van der Waals surface area contributed by atoms with Crippen molar-refractivity contribution in [2.45, 2.75) is 6.92 Å². The quantitative estimate of drug-likeness (QED) is 0.670. The third-order valence-corrected chi connectivity index (χ3v) is 4.60. The molecule has 3 aromatic rings. The summed E-state index contributed by atoms with van der Waals surface area (Å²) in [6.45, 7) is 2.70. The molecule has 3 aromatic carbocycles. The summed E-state index contributed by atoms with van der Waals surface area (Å²) >= 11 is 0. The molecule has 0 bridgehead atoms. The number of aryl methyl sites for hydroxylation is 1. The Morgan fingerprint density at radius 1 is 0.862 bits per heavy atom. The van der Waals surface area contributed by atoms with Gasteiger partial charge in [0.25, 0.3) is 5.91 Å². The number of ketones is 1. The van der Waals surface area contributed by atoms with E-state index in [4.69, 9.17) is 9.47 Å². The number of amides is 1. The molecule has 6 heteroatoms. The van der Waals surface area contributed by atoms with E-state index in [1.54, 1.807) is 24.3 Å². The molecule has 0 fully saturated rings. The maximum absolute atomic E-state index is 13.1. The maximum Gasteiger partial charge on any atom is 0.255 e. The summed E-state index contributed by atoms with van der Waals surface area (Å²) in [4.78, 5) is 25.8. The standard InChI is InChI=1S/C23H18FNO4/c1-14-2-4-15(5-3-14)22(26)18-12-20-21(29-11-10-28-20)13-19(18)25-23(27)16-6-8-17(24)9-7-16/h2-9,12-13H,10-11H2,1H3,(H,25,27). The SMILES string of the molecule is Cc1ccc(C(=O)c2cc3c(cc2NC(=O)c2ccc(F)cc2)OCCO3)cc1. The van der Waals surface area contributed by atoms with Gasteiger partial charge in [0.15, 0.2) is 17.3 Å². The molecule has 1 N–H and O–H groups in total. The van der Waals surface area contributed by atoms with Crippen LogP contribution in [0, 0.1) is 12.7 Å². The summed E-state index contributed by atoms with van der Waals surface area (Å²) in [6.07, 6.45) is 0. The van der Waals surface area contributed by atoms with Crippen molar-refractivity contribution in [1.29, 1.82) is 0 Å². The predicted molar refractivity (Wildman–Crippen MR) is 106 cm³/mol. The molecule has 5 nitrogen and oxygen atoms in total. The summed E-state index contributed by atoms with van der Waals surface area (Å²) < 4.78 is 24.3. The Bertz CT molecular complexity index is 1080. The number of rotatable bonds is 4. The van der Waals surface area contributed by atoms with E-state index in [0.717, 1.165) is 5.56 Å². The van der Waals surface area contributed by atoms with E-state index in [1.807, 2.05) is 19.1 Å². The molecule has 1 heterocycles. The highest BCUT2D eigenvalue weighted by Crippen LogP contribution is 2.36. The van der Waals surface area contributed by atoms with Crippen LogP contribution in [0.5, 0.6) is 11.5 Å². The summed E-state index contributed by atoms with van der Waals surface area (Å²) in [5, 5.41) is 2.74. The minimum Gasteiger partial charge on any atom is -0.486 e. The van der Waals surface area contributed by atoms with Gasteiger partial charge in [0.05, 0.1) is 11.3 Å². The van der Waals surface area contributed by atoms with E-state index in [0.29, 0.717) is 36.0 Å². The number of carbonyl (C=O) groups excluding carboxylic acids is 2. The molecule has 1 amide bonds. The second-order valence-corrected chi connectivity index (χ2v) is 6.70. The summed E-state index contributed by atoms with van der Waals surface area (Å²) in [7, 11) is 0. The van der Waals surface area contributed by atoms with Gasteiger partial charge in [0.1, 0.15) is 19.0 Å². The lowest BCUT2D eigenvalue weighted by Gasteiger charge is -2.21. The highest BCUT2D eigenvalue weighted by Gasteiger charge is 2.22. The maximum atomic E-state index is 13.1. The number of nitrogens with one attached hydrogen (secondary N) is 1. The summed E-state index contributed by atoms with van der Waals surface area (Å²) in [5.74, 6) is -0.246. The second kappa shape index (κ2) is 7.75. The number of hydrogen-bond donors (Lipinski definition) is 1. The molecule has 29 heavy (non-hydrogen) atoms. The van der Waals surface area contributed by atoms with Crippen molar-refractivity contribution < 1.29 is 23.5 Å². The average Bonchev–Trinajstić information content (AvgIpc) is 2.73. The van der Waals surface area contributed by atoms with Crippen LogP contribution in [0.15, 0.2) is 60.7 Å². The first kappa shape index (κ1) is 18.7. The lowest BCUT2D eigenvalue weighted by molar-refractivity contribution is 0.102. The minimum atomic E-state index is -0.459. The smallest absolute Gasteiger partial charge is 0.255 e. The van der Waals surface area contributed by atoms with Crippen molar-refractivity contribution in [2.75, 3.05) is 18.5 Å². The van der Waals surface area contributed by atoms with Crippen molar-refractivity contribution in [2.24, 2.45) is 0 Å². The van der Waals surface area contributed by atoms with Crippen LogP contribution < -0.4 is 14.8 Å². The molecule has 0 aliphatic carbocycles. The molecule has 146 valence electrons. The number of carbonyl (C=O) groups is 2. The number of benzene rings is 3. The van der Waals surface area contributed by atoms with Crippen LogP contribution in [-0.2, 0) is 0 Å². The topological polar surface area (TPSA) is 64.6 Å². The Kier molecular flexibility index (Phi) is 4.99. The highest BCUT2D eigenvalue weighted by atomic mass is 19.1. The number of ether oxygens (including phenoxy) is 2. The van der Waals surface area contributed by atoms with Gasteiger partial charge < -0.3 is 14.8 Å². The predicted octanol–water partition coefficient (Wildman–Crippen LogP) is 4.39. The molecule has 0 atom stereocenters. The second-order valence-electron chi connectivity index (χ2n) is 6.70. The van der Waals surface area contributed by atoms with Crippen LogP contribution in [0.2, 0.25) is 0 Å². The first-order chi connectivity index (χ1) is 14.0. The first-order valence-electron chi connectivity index (χ1n) is 9.13. The fourth-order valence-corrected chi connectivity index (χ4v) is 3.04. The molecule has 4 rings (SSSR count). The van der Waals surface area contributed by atoms with Crippen LogP contribution >= 0.6 is 0 Å². The van der Waals surface area contributed by atoms with E-state index >= 15 is 0 Å². The van der Waals surface area contributed by atoms with Gasteiger partial charge in [-0.05, 0) is 37.3 Å². The lowest BCUT2D eigenvalue weighted by Crippen LogP contribution is -2.19. The average molecular weight is 391 g/mol. The van der Waals surface area contributed by atoms with Crippen molar-refractivity contribution in [1.82, 2.24) is 0 Å². The van der Waals surface area contributed by atoms with Gasteiger partial charge >= 0.3 is 0 Å². The van der Waals surface area contributed by atoms with E-state index in [9.17, 15) is 14.0 Å². The molecular formula is C23H18FNO4. The molecule has 0 saturated carbocycles. The van der Waals surface area contributed by atoms with Gasteiger partial charge in [-0.25, -0.2) is 4.39 Å². The van der Waals surface area contributed by atoms with Crippen LogP contribution in [-0.4, -0.2) is 24.9 Å². The number of halogens is 1. The van der Waals surface area contributed by atoms with Crippen LogP contribution in [0.3, 0.4) is 0 Å². The van der Waals surface area contributed by atoms with E-state index in [2.05, 4.69) is 5.32 Å². The molecule has 1 aliphatic heterocycles. The zero-order valence-electron chi connectivity index (χ0n) is 15.7. The van der Waals surface area contributed by atoms with Crippen molar-refractivity contribution in [3.8, 4) is 11.5 Å². The molecular weight excluding hydrogens is 373 g/mol. The third-order valence-electron chi connectivity index (χ3n) is 4.60. The summed E-state index contributed by atoms with van der Waals surface area (Å²) in [5.41, 5.74) is 2.39. The van der Waals surface area contributed by atoms with Gasteiger partial charge in [-0.2, -0.15) is 0 Å². The molecule has 0 saturated heterocycles. The number of fused-ring (bicyclic) bond motifs is 1. The van der Waals surface area contributed by atoms with Crippen LogP contribution in [0.4, 0.5) is 10.1 Å². The minimum absolute atomic E-state index is 0.253. The Morgan fingerprint density at radius 3 is 2.10 bits per heavy atom. The van der Waals surface area contributed by atoms with Crippen molar-refractivity contribution >= 4 is 17.4 Å². The first-order valence-corrected chi connectivity index (χ1v) is 9.13. The van der Waals surface area contributed by atoms with Gasteiger partial charge in [-0.1, -0.05) is 29.8 Å². The molecule has 0 radical (unpaired) electrons. The Balaban J connectivity index is 1.72. The van der Waals surface area contributed by atoms with Gasteiger partial charge in [-0.3, -0.25) is 9.59 Å². The fraction of sp³-hybridized carbons (Fsp3) is 0.130. The van der Waals surface area contributed by atoms with E-state index in [1.165, 1.54) is 24.3 Å². The Morgan fingerprint density at radius 2 is 1.45 bits per heavy atom. The van der Waals surface area contributed by atoms with E-state index < -0.39 is 11.7 Å². The summed E-state index contributed by atoms with van der Waals surface area (Å²) in [6, 6.07) is 15.5. The van der Waals surface area contributed by atoms with Gasteiger partial charge in [0, 0.05) is 17.2 Å². The van der Waals surface area contributed by atoms with Crippen LogP contribution in [0.1, 0.15) is 31.8 Å². The monoisotopic (exact) mass is 391 g/mol. The van der Waals surface area contributed by atoms with Gasteiger partial charge in [-0.15, -0.1) is 0 Å². The normalized spacial score (nSPS) is 12.3. The van der Waals surface area contributed by atoms with Crippen LogP contribution in [0.25, 0.3) is 0 Å². The number of hydrogen-bond acceptors (Lipinski definition) is 4. The molecule has 0 unspecified atom stereocenters. The molecule has 1 aliphatic rings. The zero-order chi connectivity index (χ0) is 20.4. The van der Waals surface area contributed by atoms with E-state index in [-0.39, 0.29) is 16.9 Å². The lowest BCUT2D eigenvalue weighted by atomic mass is 9.99. The highest BCUT2D eigenvalue weighted by molar-refractivity contribution is 6.15. The van der Waals surface area contributed by atoms with Gasteiger partial charge in [0.2, 0.25) is 0 Å². The van der Waals surface area contributed by atoms with Crippen molar-refractivity contribution in [3.05, 3.63) is 88.7 Å². The largest absolute Gasteiger partial charge is 0.486 e. The third kappa shape index (κ3) is 3.96. The van der Waals surface area contributed by atoms with Crippen molar-refractivity contribution in [3.63, 3.8) is 0 Å².